The molecule has 1 aromatic rings. The molecule has 5 heteroatoms. The zero-order valence-electron chi connectivity index (χ0n) is 8.94. The lowest BCUT2D eigenvalue weighted by atomic mass is 10.1. The van der Waals surface area contributed by atoms with E-state index in [0.717, 1.165) is 0 Å². The molecule has 1 fully saturated rings. The number of hydrogen-bond acceptors (Lipinski definition) is 4. The second kappa shape index (κ2) is 5.41. The van der Waals surface area contributed by atoms with Gasteiger partial charge in [-0.05, 0) is 30.4 Å². The van der Waals surface area contributed by atoms with Crippen LogP contribution < -0.4 is 5.32 Å². The number of carboxylic acids is 1. The Hall–Kier alpha value is -0.940. The van der Waals surface area contributed by atoms with Gasteiger partial charge in [-0.25, -0.2) is 4.79 Å². The van der Waals surface area contributed by atoms with Crippen LogP contribution in [0.3, 0.4) is 0 Å². The van der Waals surface area contributed by atoms with Gasteiger partial charge in [0.25, 0.3) is 0 Å². The van der Waals surface area contributed by atoms with Crippen LogP contribution in [0.4, 0.5) is 0 Å². The molecule has 2 heterocycles. The molecule has 0 saturated carbocycles. The molecule has 4 nitrogen and oxygen atoms in total. The van der Waals surface area contributed by atoms with Gasteiger partial charge in [0.15, 0.2) is 0 Å². The second-order valence-corrected chi connectivity index (χ2v) is 5.10. The minimum absolute atomic E-state index is 0.219. The average Bonchev–Trinajstić information content (AvgIpc) is 2.76. The maximum atomic E-state index is 10.6. The molecule has 2 rings (SSSR count). The van der Waals surface area contributed by atoms with E-state index in [1.54, 1.807) is 6.07 Å². The Kier molecular flexibility index (Phi) is 3.90. The Morgan fingerprint density at radius 1 is 1.56 bits per heavy atom. The van der Waals surface area contributed by atoms with Crippen molar-refractivity contribution >= 4 is 17.7 Å². The van der Waals surface area contributed by atoms with Crippen LogP contribution in [0, 0.1) is 0 Å². The molecule has 2 N–H and O–H groups in total. The largest absolute Gasteiger partial charge is 0.478 e. The van der Waals surface area contributed by atoms with E-state index in [1.165, 1.54) is 30.6 Å². The first-order valence-corrected chi connectivity index (χ1v) is 6.53. The third-order valence-corrected chi connectivity index (χ3v) is 3.74. The van der Waals surface area contributed by atoms with Gasteiger partial charge in [-0.1, -0.05) is 0 Å². The van der Waals surface area contributed by atoms with Crippen molar-refractivity contribution < 1.29 is 14.3 Å². The fourth-order valence-electron chi connectivity index (χ4n) is 1.73. The molecular weight excluding hydrogens is 226 g/mol. The predicted octanol–water partition coefficient (Wildman–Crippen LogP) is 1.96. The topological polar surface area (TPSA) is 62.5 Å². The van der Waals surface area contributed by atoms with Gasteiger partial charge in [-0.3, -0.25) is 0 Å². The van der Waals surface area contributed by atoms with Gasteiger partial charge >= 0.3 is 5.97 Å². The predicted molar refractivity (Wildman–Crippen MR) is 62.9 cm³/mol. The number of hydrogen-bond donors (Lipinski definition) is 2. The Morgan fingerprint density at radius 2 is 2.31 bits per heavy atom. The van der Waals surface area contributed by atoms with E-state index >= 15 is 0 Å². The van der Waals surface area contributed by atoms with E-state index in [1.807, 2.05) is 11.8 Å². The fourth-order valence-corrected chi connectivity index (χ4v) is 2.84. The van der Waals surface area contributed by atoms with E-state index in [-0.39, 0.29) is 5.56 Å². The first-order valence-electron chi connectivity index (χ1n) is 5.37. The molecule has 0 aliphatic carbocycles. The van der Waals surface area contributed by atoms with Crippen LogP contribution in [0.2, 0.25) is 0 Å². The molecule has 0 unspecified atom stereocenters. The van der Waals surface area contributed by atoms with Crippen LogP contribution >= 0.6 is 11.8 Å². The van der Waals surface area contributed by atoms with Gasteiger partial charge in [0.2, 0.25) is 0 Å². The summed E-state index contributed by atoms with van der Waals surface area (Å²) < 4.78 is 5.17. The molecule has 1 saturated heterocycles. The Balaban J connectivity index is 1.81. The lowest BCUT2D eigenvalue weighted by Crippen LogP contribution is -2.31. The molecule has 0 bridgehead atoms. The molecule has 0 aromatic carbocycles. The number of aromatic carboxylic acids is 1. The number of carboxylic acid groups (broad SMARTS) is 1. The van der Waals surface area contributed by atoms with Gasteiger partial charge < -0.3 is 14.8 Å². The fraction of sp³-hybridized carbons (Fsp3) is 0.545. The van der Waals surface area contributed by atoms with Crippen LogP contribution in [0.25, 0.3) is 0 Å². The van der Waals surface area contributed by atoms with Gasteiger partial charge in [-0.15, -0.1) is 0 Å². The van der Waals surface area contributed by atoms with E-state index in [4.69, 9.17) is 9.52 Å². The van der Waals surface area contributed by atoms with Crippen LogP contribution in [-0.4, -0.2) is 28.6 Å². The maximum Gasteiger partial charge on any atom is 0.338 e. The lowest BCUT2D eigenvalue weighted by Gasteiger charge is -2.21. The third-order valence-electron chi connectivity index (χ3n) is 2.69. The van der Waals surface area contributed by atoms with Crippen molar-refractivity contribution in [3.05, 3.63) is 23.7 Å². The highest BCUT2D eigenvalue weighted by atomic mass is 32.2. The third kappa shape index (κ3) is 3.02. The van der Waals surface area contributed by atoms with Crippen molar-refractivity contribution in [1.29, 1.82) is 0 Å². The van der Waals surface area contributed by atoms with Gasteiger partial charge in [-0.2, -0.15) is 11.8 Å². The molecule has 1 aliphatic rings. The van der Waals surface area contributed by atoms with Crippen LogP contribution in [0.1, 0.15) is 29.0 Å². The van der Waals surface area contributed by atoms with Crippen LogP contribution in [0.5, 0.6) is 0 Å². The molecule has 1 aromatic heterocycles. The van der Waals surface area contributed by atoms with Crippen LogP contribution in [-0.2, 0) is 6.54 Å². The summed E-state index contributed by atoms with van der Waals surface area (Å²) in [6, 6.07) is 2.12. The molecule has 0 radical (unpaired) electrons. The summed E-state index contributed by atoms with van der Waals surface area (Å²) in [5, 5.41) is 12.1. The first kappa shape index (κ1) is 11.5. The zero-order chi connectivity index (χ0) is 11.4. The quantitative estimate of drug-likeness (QED) is 0.843. The highest BCUT2D eigenvalue weighted by molar-refractivity contribution is 7.99. The number of rotatable bonds is 4. The van der Waals surface area contributed by atoms with Crippen molar-refractivity contribution in [2.45, 2.75) is 25.4 Å². The normalized spacial score (nSPS) is 17.5. The second-order valence-electron chi connectivity index (χ2n) is 3.87. The minimum Gasteiger partial charge on any atom is -0.478 e. The summed E-state index contributed by atoms with van der Waals surface area (Å²) in [6.07, 6.45) is 3.64. The lowest BCUT2D eigenvalue weighted by molar-refractivity contribution is 0.0696. The molecular formula is C11H15NO3S. The minimum atomic E-state index is -0.941. The summed E-state index contributed by atoms with van der Waals surface area (Å²) in [4.78, 5) is 10.6. The summed E-state index contributed by atoms with van der Waals surface area (Å²) in [5.41, 5.74) is 0.219. The summed E-state index contributed by atoms with van der Waals surface area (Å²) >= 11 is 1.99. The van der Waals surface area contributed by atoms with Crippen molar-refractivity contribution in [2.24, 2.45) is 0 Å². The summed E-state index contributed by atoms with van der Waals surface area (Å²) in [6.45, 7) is 0.614. The summed E-state index contributed by atoms with van der Waals surface area (Å²) in [7, 11) is 0. The highest BCUT2D eigenvalue weighted by Gasteiger charge is 2.14. The van der Waals surface area contributed by atoms with Crippen LogP contribution in [0.15, 0.2) is 16.7 Å². The van der Waals surface area contributed by atoms with Gasteiger partial charge in [0.1, 0.15) is 12.0 Å². The Morgan fingerprint density at radius 3 is 2.94 bits per heavy atom. The number of carbonyl (C=O) groups is 1. The Bertz CT molecular complexity index is 358. The number of nitrogens with one attached hydrogen (secondary N) is 1. The molecule has 0 spiro atoms. The van der Waals surface area contributed by atoms with E-state index in [0.29, 0.717) is 18.3 Å². The summed E-state index contributed by atoms with van der Waals surface area (Å²) in [5.74, 6) is 2.16. The van der Waals surface area contributed by atoms with E-state index in [9.17, 15) is 4.79 Å². The molecule has 16 heavy (non-hydrogen) atoms. The van der Waals surface area contributed by atoms with Gasteiger partial charge in [0, 0.05) is 6.04 Å². The van der Waals surface area contributed by atoms with Crippen molar-refractivity contribution in [1.82, 2.24) is 5.32 Å². The zero-order valence-corrected chi connectivity index (χ0v) is 9.76. The molecule has 1 aliphatic heterocycles. The van der Waals surface area contributed by atoms with Crippen molar-refractivity contribution in [3.8, 4) is 0 Å². The molecule has 0 atom stereocenters. The number of furan rings is 1. The Labute approximate surface area is 98.4 Å². The van der Waals surface area contributed by atoms with Crippen molar-refractivity contribution in [3.63, 3.8) is 0 Å². The molecule has 88 valence electrons. The number of thioether (sulfide) groups is 1. The monoisotopic (exact) mass is 241 g/mol. The first-order chi connectivity index (χ1) is 7.75. The van der Waals surface area contributed by atoms with E-state index < -0.39 is 5.97 Å². The SMILES string of the molecule is O=C(O)c1coc(CNC2CCSCC2)c1. The smallest absolute Gasteiger partial charge is 0.338 e. The standard InChI is InChI=1S/C11H15NO3S/c13-11(14)8-5-10(15-7-8)6-12-9-1-3-16-4-2-9/h5,7,9,12H,1-4,6H2,(H,13,14). The van der Waals surface area contributed by atoms with Gasteiger partial charge in [0.05, 0.1) is 12.1 Å². The molecule has 0 amide bonds. The average molecular weight is 241 g/mol. The van der Waals surface area contributed by atoms with E-state index in [2.05, 4.69) is 5.32 Å². The van der Waals surface area contributed by atoms with Crippen molar-refractivity contribution in [2.75, 3.05) is 11.5 Å². The highest BCUT2D eigenvalue weighted by Crippen LogP contribution is 2.17. The maximum absolute atomic E-state index is 10.6.